The third kappa shape index (κ3) is 4.91. The molecule has 0 saturated heterocycles. The zero-order chi connectivity index (χ0) is 13.7. The maximum atomic E-state index is 4.21. The van der Waals surface area contributed by atoms with E-state index in [9.17, 15) is 0 Å². The summed E-state index contributed by atoms with van der Waals surface area (Å²) in [6.07, 6.45) is 4.80. The molecule has 0 spiro atoms. The van der Waals surface area contributed by atoms with Gasteiger partial charge in [-0.3, -0.25) is 9.58 Å². The maximum absolute atomic E-state index is 4.21. The van der Waals surface area contributed by atoms with Crippen LogP contribution in [0.1, 0.15) is 39.3 Å². The molecule has 1 fully saturated rings. The molecule has 2 rings (SSSR count). The second-order valence-corrected chi connectivity index (χ2v) is 5.86. The normalized spacial score (nSPS) is 15.6. The Balaban J connectivity index is 1.70. The summed E-state index contributed by atoms with van der Waals surface area (Å²) in [6, 6.07) is 0.834. The SMILES string of the molecule is CCN(CCn1cc(CNCC(C)C)nn1)C1CC1. The lowest BCUT2D eigenvalue weighted by Crippen LogP contribution is -2.29. The van der Waals surface area contributed by atoms with Crippen LogP contribution in [0.2, 0.25) is 0 Å². The number of hydrogen-bond acceptors (Lipinski definition) is 4. The van der Waals surface area contributed by atoms with Crippen LogP contribution in [0.5, 0.6) is 0 Å². The van der Waals surface area contributed by atoms with Crippen LogP contribution in [-0.4, -0.2) is 45.6 Å². The van der Waals surface area contributed by atoms with Gasteiger partial charge in [0.1, 0.15) is 0 Å². The average Bonchev–Trinajstić information content (AvgIpc) is 3.11. The van der Waals surface area contributed by atoms with Crippen molar-refractivity contribution in [1.29, 1.82) is 0 Å². The standard InChI is InChI=1S/C14H27N5/c1-4-18(14-5-6-14)7-8-19-11-13(16-17-19)10-15-9-12(2)3/h11-12,14-15H,4-10H2,1-3H3. The second kappa shape index (κ2) is 7.01. The predicted octanol–water partition coefficient (Wildman–Crippen LogP) is 1.51. The third-order valence-corrected chi connectivity index (χ3v) is 3.53. The van der Waals surface area contributed by atoms with E-state index in [-0.39, 0.29) is 0 Å². The second-order valence-electron chi connectivity index (χ2n) is 5.86. The fourth-order valence-corrected chi connectivity index (χ4v) is 2.29. The lowest BCUT2D eigenvalue weighted by atomic mass is 10.2. The molecule has 1 heterocycles. The Labute approximate surface area is 116 Å². The molecule has 1 aliphatic rings. The molecule has 0 unspecified atom stereocenters. The van der Waals surface area contributed by atoms with E-state index in [1.54, 1.807) is 0 Å². The van der Waals surface area contributed by atoms with Crippen LogP contribution in [0.4, 0.5) is 0 Å². The molecule has 5 heteroatoms. The molecule has 1 aromatic rings. The first-order valence-corrected chi connectivity index (χ1v) is 7.52. The van der Waals surface area contributed by atoms with Crippen molar-refractivity contribution in [3.63, 3.8) is 0 Å². The Morgan fingerprint density at radius 3 is 2.89 bits per heavy atom. The summed E-state index contributed by atoms with van der Waals surface area (Å²) in [7, 11) is 0. The highest BCUT2D eigenvalue weighted by molar-refractivity contribution is 4.92. The van der Waals surface area contributed by atoms with E-state index in [4.69, 9.17) is 0 Å². The van der Waals surface area contributed by atoms with Gasteiger partial charge in [-0.1, -0.05) is 26.0 Å². The third-order valence-electron chi connectivity index (χ3n) is 3.53. The van der Waals surface area contributed by atoms with E-state index in [1.165, 1.54) is 12.8 Å². The monoisotopic (exact) mass is 265 g/mol. The summed E-state index contributed by atoms with van der Waals surface area (Å²) in [5.74, 6) is 0.673. The lowest BCUT2D eigenvalue weighted by Gasteiger charge is -2.19. The molecule has 19 heavy (non-hydrogen) atoms. The van der Waals surface area contributed by atoms with Crippen molar-refractivity contribution in [2.45, 2.75) is 52.7 Å². The summed E-state index contributed by atoms with van der Waals surface area (Å²) < 4.78 is 1.97. The minimum atomic E-state index is 0.673. The van der Waals surface area contributed by atoms with Crippen molar-refractivity contribution < 1.29 is 0 Å². The summed E-state index contributed by atoms with van der Waals surface area (Å²) in [5.41, 5.74) is 1.04. The van der Waals surface area contributed by atoms with E-state index < -0.39 is 0 Å². The van der Waals surface area contributed by atoms with Gasteiger partial charge in [-0.05, 0) is 31.8 Å². The molecule has 1 aromatic heterocycles. The first-order valence-electron chi connectivity index (χ1n) is 7.52. The molecule has 0 radical (unpaired) electrons. The van der Waals surface area contributed by atoms with Crippen LogP contribution in [0.15, 0.2) is 6.20 Å². The largest absolute Gasteiger partial charge is 0.311 e. The summed E-state index contributed by atoms with van der Waals surface area (Å²) in [5, 5.41) is 11.8. The Bertz CT molecular complexity index is 370. The molecule has 0 bridgehead atoms. The number of likely N-dealkylation sites (N-methyl/N-ethyl adjacent to an activating group) is 1. The van der Waals surface area contributed by atoms with Gasteiger partial charge in [-0.15, -0.1) is 5.10 Å². The number of rotatable bonds is 9. The van der Waals surface area contributed by atoms with Gasteiger partial charge >= 0.3 is 0 Å². The Morgan fingerprint density at radius 2 is 2.26 bits per heavy atom. The molecular weight excluding hydrogens is 238 g/mol. The van der Waals surface area contributed by atoms with Crippen molar-refractivity contribution in [3.05, 3.63) is 11.9 Å². The van der Waals surface area contributed by atoms with Gasteiger partial charge < -0.3 is 5.32 Å². The van der Waals surface area contributed by atoms with Crippen LogP contribution in [0.3, 0.4) is 0 Å². The van der Waals surface area contributed by atoms with Crippen LogP contribution >= 0.6 is 0 Å². The summed E-state index contributed by atoms with van der Waals surface area (Å²) >= 11 is 0. The van der Waals surface area contributed by atoms with E-state index in [2.05, 4.69) is 47.5 Å². The van der Waals surface area contributed by atoms with E-state index in [1.807, 2.05) is 4.68 Å². The number of hydrogen-bond donors (Lipinski definition) is 1. The first kappa shape index (κ1) is 14.5. The van der Waals surface area contributed by atoms with Gasteiger partial charge in [0.05, 0.1) is 12.2 Å². The minimum Gasteiger partial charge on any atom is -0.311 e. The molecule has 1 saturated carbocycles. The molecule has 0 amide bonds. The molecular formula is C14H27N5. The molecule has 0 aliphatic heterocycles. The van der Waals surface area contributed by atoms with E-state index in [0.29, 0.717) is 5.92 Å². The van der Waals surface area contributed by atoms with E-state index >= 15 is 0 Å². The Morgan fingerprint density at radius 1 is 1.47 bits per heavy atom. The zero-order valence-corrected chi connectivity index (χ0v) is 12.5. The molecule has 0 atom stereocenters. The van der Waals surface area contributed by atoms with Gasteiger partial charge in [-0.2, -0.15) is 0 Å². The minimum absolute atomic E-state index is 0.673. The first-order chi connectivity index (χ1) is 9.19. The fourth-order valence-electron chi connectivity index (χ4n) is 2.29. The van der Waals surface area contributed by atoms with Gasteiger partial charge in [0.15, 0.2) is 0 Å². The molecule has 1 aliphatic carbocycles. The zero-order valence-electron chi connectivity index (χ0n) is 12.5. The average molecular weight is 265 g/mol. The Kier molecular flexibility index (Phi) is 5.34. The lowest BCUT2D eigenvalue weighted by molar-refractivity contribution is 0.260. The quantitative estimate of drug-likeness (QED) is 0.735. The van der Waals surface area contributed by atoms with Gasteiger partial charge in [0.2, 0.25) is 0 Å². The highest BCUT2D eigenvalue weighted by Gasteiger charge is 2.27. The molecule has 0 aromatic carbocycles. The number of nitrogens with one attached hydrogen (secondary N) is 1. The van der Waals surface area contributed by atoms with Gasteiger partial charge in [0.25, 0.3) is 0 Å². The topological polar surface area (TPSA) is 46.0 Å². The predicted molar refractivity (Wildman–Crippen MR) is 76.8 cm³/mol. The van der Waals surface area contributed by atoms with Gasteiger partial charge in [-0.25, -0.2) is 0 Å². The van der Waals surface area contributed by atoms with Crippen LogP contribution in [0.25, 0.3) is 0 Å². The van der Waals surface area contributed by atoms with Crippen molar-refractivity contribution in [3.8, 4) is 0 Å². The van der Waals surface area contributed by atoms with E-state index in [0.717, 1.165) is 44.5 Å². The fraction of sp³-hybridized carbons (Fsp3) is 0.857. The molecule has 108 valence electrons. The van der Waals surface area contributed by atoms with Crippen LogP contribution in [0, 0.1) is 5.92 Å². The summed E-state index contributed by atoms with van der Waals surface area (Å²) in [4.78, 5) is 2.54. The Hall–Kier alpha value is -0.940. The molecule has 5 nitrogen and oxygen atoms in total. The molecule has 1 N–H and O–H groups in total. The van der Waals surface area contributed by atoms with Crippen LogP contribution < -0.4 is 5.32 Å². The van der Waals surface area contributed by atoms with Crippen LogP contribution in [-0.2, 0) is 13.1 Å². The number of nitrogens with zero attached hydrogens (tertiary/aromatic N) is 4. The van der Waals surface area contributed by atoms with Crippen molar-refractivity contribution in [2.75, 3.05) is 19.6 Å². The number of aromatic nitrogens is 3. The van der Waals surface area contributed by atoms with Crippen molar-refractivity contribution >= 4 is 0 Å². The van der Waals surface area contributed by atoms with Crippen molar-refractivity contribution in [1.82, 2.24) is 25.2 Å². The summed E-state index contributed by atoms with van der Waals surface area (Å²) in [6.45, 7) is 11.7. The van der Waals surface area contributed by atoms with Gasteiger partial charge in [0, 0.05) is 25.3 Å². The highest BCUT2D eigenvalue weighted by Crippen LogP contribution is 2.26. The van der Waals surface area contributed by atoms with Crippen molar-refractivity contribution in [2.24, 2.45) is 5.92 Å². The highest BCUT2D eigenvalue weighted by atomic mass is 15.4. The smallest absolute Gasteiger partial charge is 0.0964 e. The maximum Gasteiger partial charge on any atom is 0.0964 e.